The van der Waals surface area contributed by atoms with Crippen LogP contribution in [0.15, 0.2) is 41.6 Å². The van der Waals surface area contributed by atoms with Crippen molar-refractivity contribution in [1.82, 2.24) is 4.98 Å². The molecule has 0 unspecified atom stereocenters. The lowest BCUT2D eigenvalue weighted by Gasteiger charge is -2.11. The minimum atomic E-state index is -3.95. The minimum Gasteiger partial charge on any atom is -0.497 e. The Bertz CT molecular complexity index is 734. The van der Waals surface area contributed by atoms with Crippen LogP contribution >= 0.6 is 0 Å². The molecule has 106 valence electrons. The fourth-order valence-electron chi connectivity index (χ4n) is 1.50. The van der Waals surface area contributed by atoms with Crippen LogP contribution in [0.25, 0.3) is 0 Å². The van der Waals surface area contributed by atoms with E-state index in [2.05, 4.69) is 9.71 Å². The maximum atomic E-state index is 13.0. The molecule has 0 spiro atoms. The monoisotopic (exact) mass is 297 g/mol. The van der Waals surface area contributed by atoms with E-state index in [9.17, 15) is 12.8 Å². The first-order valence-electron chi connectivity index (χ1n) is 5.49. The summed E-state index contributed by atoms with van der Waals surface area (Å²) < 4.78 is 44.4. The average Bonchev–Trinajstić information content (AvgIpc) is 2.41. The number of methoxy groups -OCH3 is 1. The van der Waals surface area contributed by atoms with Gasteiger partial charge in [-0.3, -0.25) is 9.71 Å². The summed E-state index contributed by atoms with van der Waals surface area (Å²) in [6, 6.07) is 5.35. The highest BCUT2D eigenvalue weighted by molar-refractivity contribution is 7.92. The first-order chi connectivity index (χ1) is 9.42. The summed E-state index contributed by atoms with van der Waals surface area (Å²) >= 11 is 0. The molecule has 3 N–H and O–H groups in total. The standard InChI is InChI=1S/C12H12FN3O3S/c1-19-9-2-3-12(11(14)5-9)16-20(17,18)10-4-8(13)6-15-7-10/h2-7,16H,14H2,1H3. The number of rotatable bonds is 4. The van der Waals surface area contributed by atoms with Crippen molar-refractivity contribution in [3.63, 3.8) is 0 Å². The van der Waals surface area contributed by atoms with Crippen molar-refractivity contribution in [3.8, 4) is 5.75 Å². The van der Waals surface area contributed by atoms with E-state index in [0.29, 0.717) is 5.75 Å². The molecule has 6 nitrogen and oxygen atoms in total. The van der Waals surface area contributed by atoms with Gasteiger partial charge in [0, 0.05) is 12.3 Å². The van der Waals surface area contributed by atoms with Crippen molar-refractivity contribution < 1.29 is 17.5 Å². The predicted molar refractivity (Wildman–Crippen MR) is 72.4 cm³/mol. The molecule has 0 fully saturated rings. The van der Waals surface area contributed by atoms with E-state index in [1.165, 1.54) is 19.2 Å². The zero-order valence-electron chi connectivity index (χ0n) is 10.5. The molecule has 8 heteroatoms. The summed E-state index contributed by atoms with van der Waals surface area (Å²) in [4.78, 5) is 3.21. The number of aromatic nitrogens is 1. The lowest BCUT2D eigenvalue weighted by Crippen LogP contribution is -2.14. The van der Waals surface area contributed by atoms with Gasteiger partial charge in [-0.15, -0.1) is 0 Å². The fourth-order valence-corrected chi connectivity index (χ4v) is 2.56. The summed E-state index contributed by atoms with van der Waals surface area (Å²) in [6.07, 6.45) is 1.96. The van der Waals surface area contributed by atoms with Gasteiger partial charge in [0.1, 0.15) is 16.5 Å². The lowest BCUT2D eigenvalue weighted by atomic mass is 10.2. The zero-order valence-corrected chi connectivity index (χ0v) is 11.3. The number of hydrogen-bond acceptors (Lipinski definition) is 5. The van der Waals surface area contributed by atoms with Gasteiger partial charge in [-0.1, -0.05) is 0 Å². The SMILES string of the molecule is COc1ccc(NS(=O)(=O)c2cncc(F)c2)c(N)c1. The van der Waals surface area contributed by atoms with Crippen molar-refractivity contribution in [3.05, 3.63) is 42.5 Å². The van der Waals surface area contributed by atoms with Crippen LogP contribution in [0.2, 0.25) is 0 Å². The molecule has 0 aliphatic heterocycles. The molecule has 0 saturated heterocycles. The first-order valence-corrected chi connectivity index (χ1v) is 6.97. The summed E-state index contributed by atoms with van der Waals surface area (Å²) in [5.41, 5.74) is 6.08. The Hall–Kier alpha value is -2.35. The third kappa shape index (κ3) is 2.97. The summed E-state index contributed by atoms with van der Waals surface area (Å²) in [5.74, 6) is -0.242. The number of hydrogen-bond donors (Lipinski definition) is 2. The normalized spacial score (nSPS) is 11.1. The maximum Gasteiger partial charge on any atom is 0.263 e. The van der Waals surface area contributed by atoms with Crippen LogP contribution in [0.4, 0.5) is 15.8 Å². The van der Waals surface area contributed by atoms with E-state index in [1.54, 1.807) is 6.07 Å². The number of anilines is 2. The summed E-state index contributed by atoms with van der Waals surface area (Å²) in [7, 11) is -2.48. The van der Waals surface area contributed by atoms with Gasteiger partial charge >= 0.3 is 0 Å². The van der Waals surface area contributed by atoms with Gasteiger partial charge in [0.05, 0.1) is 24.7 Å². The Labute approximate surface area is 115 Å². The quantitative estimate of drug-likeness (QED) is 0.836. The van der Waals surface area contributed by atoms with Crippen molar-refractivity contribution in [2.24, 2.45) is 0 Å². The molecule has 2 aromatic rings. The van der Waals surface area contributed by atoms with Crippen LogP contribution in [-0.2, 0) is 10.0 Å². The van der Waals surface area contributed by atoms with Gasteiger partial charge < -0.3 is 10.5 Å². The van der Waals surface area contributed by atoms with Crippen molar-refractivity contribution in [2.45, 2.75) is 4.90 Å². The van der Waals surface area contributed by atoms with Crippen molar-refractivity contribution in [1.29, 1.82) is 0 Å². The molecule has 20 heavy (non-hydrogen) atoms. The molecule has 0 aliphatic rings. The molecule has 0 aliphatic carbocycles. The topological polar surface area (TPSA) is 94.3 Å². The molecule has 2 rings (SSSR count). The largest absolute Gasteiger partial charge is 0.497 e. The second kappa shape index (κ2) is 5.33. The molecule has 1 aromatic heterocycles. The van der Waals surface area contributed by atoms with Crippen LogP contribution < -0.4 is 15.2 Å². The molecule has 0 bridgehead atoms. The van der Waals surface area contributed by atoms with Gasteiger partial charge in [0.15, 0.2) is 0 Å². The average molecular weight is 297 g/mol. The first kappa shape index (κ1) is 14.1. The van der Waals surface area contributed by atoms with Crippen LogP contribution in [-0.4, -0.2) is 20.5 Å². The molecule has 0 saturated carbocycles. The Morgan fingerprint density at radius 1 is 1.30 bits per heavy atom. The van der Waals surface area contributed by atoms with Gasteiger partial charge in [0.2, 0.25) is 0 Å². The highest BCUT2D eigenvalue weighted by Gasteiger charge is 2.17. The third-order valence-corrected chi connectivity index (χ3v) is 3.83. The Morgan fingerprint density at radius 3 is 2.65 bits per heavy atom. The van der Waals surface area contributed by atoms with E-state index in [0.717, 1.165) is 18.5 Å². The summed E-state index contributed by atoms with van der Waals surface area (Å²) in [6.45, 7) is 0. The third-order valence-electron chi connectivity index (χ3n) is 2.49. The molecule has 0 atom stereocenters. The van der Waals surface area contributed by atoms with Gasteiger partial charge in [-0.25, -0.2) is 12.8 Å². The van der Waals surface area contributed by atoms with Crippen LogP contribution in [0, 0.1) is 5.82 Å². The number of benzene rings is 1. The Kier molecular flexibility index (Phi) is 3.75. The number of nitrogen functional groups attached to an aromatic ring is 1. The molecular weight excluding hydrogens is 285 g/mol. The molecule has 1 heterocycles. The number of pyridine rings is 1. The maximum absolute atomic E-state index is 13.0. The van der Waals surface area contributed by atoms with E-state index >= 15 is 0 Å². The fraction of sp³-hybridized carbons (Fsp3) is 0.0833. The van der Waals surface area contributed by atoms with Crippen LogP contribution in [0.5, 0.6) is 5.75 Å². The highest BCUT2D eigenvalue weighted by Crippen LogP contribution is 2.26. The van der Waals surface area contributed by atoms with Gasteiger partial charge in [-0.2, -0.15) is 0 Å². The minimum absolute atomic E-state index is 0.176. The van der Waals surface area contributed by atoms with Crippen LogP contribution in [0.3, 0.4) is 0 Å². The Balaban J connectivity index is 2.33. The Morgan fingerprint density at radius 2 is 2.05 bits per heavy atom. The van der Waals surface area contributed by atoms with E-state index in [-0.39, 0.29) is 16.3 Å². The molecule has 1 aromatic carbocycles. The molecule has 0 radical (unpaired) electrons. The zero-order chi connectivity index (χ0) is 14.8. The van der Waals surface area contributed by atoms with Crippen LogP contribution in [0.1, 0.15) is 0 Å². The van der Waals surface area contributed by atoms with Crippen molar-refractivity contribution >= 4 is 21.4 Å². The number of nitrogens with two attached hydrogens (primary N) is 1. The highest BCUT2D eigenvalue weighted by atomic mass is 32.2. The second-order valence-corrected chi connectivity index (χ2v) is 5.58. The van der Waals surface area contributed by atoms with Gasteiger partial charge in [0.25, 0.3) is 10.0 Å². The van der Waals surface area contributed by atoms with E-state index < -0.39 is 15.8 Å². The van der Waals surface area contributed by atoms with E-state index in [4.69, 9.17) is 10.5 Å². The number of nitrogens with one attached hydrogen (secondary N) is 1. The molecular formula is C12H12FN3O3S. The number of sulfonamides is 1. The van der Waals surface area contributed by atoms with Gasteiger partial charge in [-0.05, 0) is 18.2 Å². The lowest BCUT2D eigenvalue weighted by molar-refractivity contribution is 0.415. The number of nitrogens with zero attached hydrogens (tertiary/aromatic N) is 1. The predicted octanol–water partition coefficient (Wildman–Crippen LogP) is 1.61. The number of ether oxygens (including phenoxy) is 1. The van der Waals surface area contributed by atoms with Crippen molar-refractivity contribution in [2.75, 3.05) is 17.6 Å². The second-order valence-electron chi connectivity index (χ2n) is 3.90. The smallest absolute Gasteiger partial charge is 0.263 e. The molecule has 0 amide bonds. The number of halogens is 1. The summed E-state index contributed by atoms with van der Waals surface area (Å²) in [5, 5.41) is 0. The van der Waals surface area contributed by atoms with E-state index in [1.807, 2.05) is 0 Å².